The Morgan fingerprint density at radius 2 is 1.06 bits per heavy atom. The Kier molecular flexibility index (Phi) is 14.8. The third-order valence-electron chi connectivity index (χ3n) is 8.70. The summed E-state index contributed by atoms with van der Waals surface area (Å²) in [6.07, 6.45) is -16.7. The van der Waals surface area contributed by atoms with Crippen LogP contribution in [-0.2, 0) is 15.9 Å². The van der Waals surface area contributed by atoms with Gasteiger partial charge in [-0.1, -0.05) is 48.5 Å². The summed E-state index contributed by atoms with van der Waals surface area (Å²) in [5, 5.41) is 20.6. The molecule has 2 heterocycles. The Morgan fingerprint density at radius 3 is 1.52 bits per heavy atom. The molecule has 63 heavy (non-hydrogen) atoms. The minimum absolute atomic E-state index is 0.0348. The molecule has 0 unspecified atom stereocenters. The summed E-state index contributed by atoms with van der Waals surface area (Å²) in [6, 6.07) is 23.8. The molecule has 2 aromatic heterocycles. The van der Waals surface area contributed by atoms with Gasteiger partial charge < -0.3 is 28.5 Å². The number of hydrogen-bond acceptors (Lipinski definition) is 11. The Morgan fingerprint density at radius 1 is 0.635 bits per heavy atom. The molecule has 0 fully saturated rings. The molecule has 2 atom stereocenters. The van der Waals surface area contributed by atoms with Crippen LogP contribution in [0.3, 0.4) is 0 Å². The van der Waals surface area contributed by atoms with E-state index >= 15 is 0 Å². The minimum atomic E-state index is -5.86. The van der Waals surface area contributed by atoms with Crippen LogP contribution in [0.25, 0.3) is 21.9 Å². The molecule has 0 spiro atoms. The van der Waals surface area contributed by atoms with Crippen molar-refractivity contribution in [3.63, 3.8) is 0 Å². The summed E-state index contributed by atoms with van der Waals surface area (Å²) in [4.78, 5) is 56.7. The van der Waals surface area contributed by atoms with Crippen molar-refractivity contribution in [3.05, 3.63) is 152 Å². The van der Waals surface area contributed by atoms with Crippen LogP contribution in [0.1, 0.15) is 56.0 Å². The number of esters is 2. The fraction of sp³-hybridized carbons (Fsp3) is 0.214. The maximum Gasteiger partial charge on any atom is 0.457 e. The number of rotatable bonds is 9. The van der Waals surface area contributed by atoms with Crippen LogP contribution in [0.4, 0.5) is 43.9 Å². The molecule has 6 rings (SSSR count). The summed E-state index contributed by atoms with van der Waals surface area (Å²) < 4.78 is 144. The Hall–Kier alpha value is -7.19. The molecule has 0 aliphatic carbocycles. The second-order valence-electron chi connectivity index (χ2n) is 13.1. The summed E-state index contributed by atoms with van der Waals surface area (Å²) in [5.41, 5.74) is -0.553. The van der Waals surface area contributed by atoms with Crippen molar-refractivity contribution in [1.29, 1.82) is 0 Å². The van der Waals surface area contributed by atoms with Gasteiger partial charge in [0.15, 0.2) is 12.2 Å². The largest absolute Gasteiger partial charge is 0.507 e. The number of fused-ring (bicyclic) bond motifs is 2. The number of carbonyl (C=O) groups is 3. The predicted octanol–water partition coefficient (Wildman–Crippen LogP) is 9.57. The molecule has 0 bridgehead atoms. The lowest BCUT2D eigenvalue weighted by atomic mass is 10.0. The van der Waals surface area contributed by atoms with Crippen LogP contribution in [0.5, 0.6) is 11.5 Å². The number of halogens is 10. The topological polar surface area (TPSA) is 171 Å². The van der Waals surface area contributed by atoms with Crippen LogP contribution in [-0.4, -0.2) is 64.8 Å². The van der Waals surface area contributed by atoms with Crippen LogP contribution in [0, 0.1) is 0 Å². The zero-order valence-corrected chi connectivity index (χ0v) is 32.1. The molecule has 0 aliphatic heterocycles. The first-order valence-electron chi connectivity index (χ1n) is 17.7. The summed E-state index contributed by atoms with van der Waals surface area (Å²) in [7, 11) is 0. The number of benzene rings is 4. The first-order chi connectivity index (χ1) is 29.3. The van der Waals surface area contributed by atoms with E-state index in [9.17, 15) is 78.1 Å². The monoisotopic (exact) mass is 900 g/mol. The summed E-state index contributed by atoms with van der Waals surface area (Å²) in [5.74, 6) is -13.4. The maximum atomic E-state index is 13.2. The van der Waals surface area contributed by atoms with Crippen LogP contribution < -0.4 is 11.3 Å². The fourth-order valence-corrected chi connectivity index (χ4v) is 5.15. The smallest absolute Gasteiger partial charge is 0.457 e. The zero-order valence-electron chi connectivity index (χ0n) is 32.1. The van der Waals surface area contributed by atoms with Gasteiger partial charge in [0, 0.05) is 12.0 Å². The molecule has 4 aromatic carbocycles. The van der Waals surface area contributed by atoms with Crippen molar-refractivity contribution < 1.29 is 86.8 Å². The molecular weight excluding hydrogens is 870 g/mol. The Labute approximate surface area is 346 Å². The normalized spacial score (nSPS) is 12.8. The molecular formula is C42H30F10O11. The third kappa shape index (κ3) is 11.6. The Bertz CT molecular complexity index is 2690. The van der Waals surface area contributed by atoms with E-state index < -0.39 is 59.6 Å². The molecule has 2 N–H and O–H groups in total. The molecule has 6 aromatic rings. The van der Waals surface area contributed by atoms with E-state index in [1.165, 1.54) is 30.3 Å². The van der Waals surface area contributed by atoms with Crippen molar-refractivity contribution >= 4 is 40.2 Å². The number of aldehydes is 1. The fourth-order valence-electron chi connectivity index (χ4n) is 5.15. The number of ether oxygens (including phenoxy) is 2. The van der Waals surface area contributed by atoms with Gasteiger partial charge in [-0.15, -0.1) is 0 Å². The molecule has 0 aliphatic rings. The first kappa shape index (κ1) is 48.5. The standard InChI is InChI=1S/C21H15F5O5.C12H9F5O3.C9H6O3/c1-11(20(22,23)21(24,25)26)30-18(28)13-8-6-12(7-9-13)10-15-17(27)14-4-2-3-5-16(14)31-19(15)29;1-7(11(13,14)12(15,16)17)20-10(19)9-4-2-8(6-18)3-5-9;10-7-5-9(11)12-8-4-2-1-3-6(7)8/h2-9,11,27H,10H2,1H3;2-7H,1H3;1-5,10H/t11-;7-;/m00./s1. The van der Waals surface area contributed by atoms with Crippen LogP contribution in [0.15, 0.2) is 122 Å². The van der Waals surface area contributed by atoms with Gasteiger partial charge in [0.25, 0.3) is 0 Å². The van der Waals surface area contributed by atoms with Gasteiger partial charge >= 0.3 is 47.4 Å². The molecule has 0 amide bonds. The quantitative estimate of drug-likeness (QED) is 0.0613. The van der Waals surface area contributed by atoms with Gasteiger partial charge in [-0.05, 0) is 67.9 Å². The lowest BCUT2D eigenvalue weighted by Gasteiger charge is -2.25. The number of hydrogen-bond donors (Lipinski definition) is 2. The highest BCUT2D eigenvalue weighted by Gasteiger charge is 2.63. The SMILES string of the molecule is C[C@H](OC(=O)c1ccc(C=O)cc1)C(F)(F)C(F)(F)F.C[C@H](OC(=O)c1ccc(Cc2c(O)c3ccccc3oc2=O)cc1)C(F)(F)C(F)(F)F.O=c1cc(O)c2ccccc2o1. The average Bonchev–Trinajstić information content (AvgIpc) is 3.22. The van der Waals surface area contributed by atoms with E-state index in [1.807, 2.05) is 0 Å². The van der Waals surface area contributed by atoms with E-state index in [0.29, 0.717) is 42.1 Å². The van der Waals surface area contributed by atoms with Crippen LogP contribution >= 0.6 is 0 Å². The Balaban J connectivity index is 0.000000231. The van der Waals surface area contributed by atoms with Gasteiger partial charge in [0.2, 0.25) is 0 Å². The molecule has 0 radical (unpaired) electrons. The number of aromatic hydroxyl groups is 2. The van der Waals surface area contributed by atoms with Gasteiger partial charge in [-0.25, -0.2) is 19.2 Å². The summed E-state index contributed by atoms with van der Waals surface area (Å²) >= 11 is 0. The first-order valence-corrected chi connectivity index (χ1v) is 17.7. The zero-order chi connectivity index (χ0) is 47.1. The molecule has 334 valence electrons. The molecule has 0 saturated carbocycles. The van der Waals surface area contributed by atoms with E-state index in [0.717, 1.165) is 30.3 Å². The second kappa shape index (κ2) is 19.2. The molecule has 21 heteroatoms. The second-order valence-corrected chi connectivity index (χ2v) is 13.1. The van der Waals surface area contributed by atoms with Crippen molar-refractivity contribution in [2.45, 2.75) is 56.7 Å². The number of para-hydroxylation sites is 2. The lowest BCUT2D eigenvalue weighted by molar-refractivity contribution is -0.309. The number of carbonyl (C=O) groups excluding carboxylic acids is 3. The minimum Gasteiger partial charge on any atom is -0.507 e. The summed E-state index contributed by atoms with van der Waals surface area (Å²) in [6.45, 7) is 0.896. The van der Waals surface area contributed by atoms with Crippen LogP contribution in [0.2, 0.25) is 0 Å². The van der Waals surface area contributed by atoms with Crippen molar-refractivity contribution in [2.24, 2.45) is 0 Å². The highest BCUT2D eigenvalue weighted by Crippen LogP contribution is 2.40. The lowest BCUT2D eigenvalue weighted by Crippen LogP contribution is -2.47. The highest BCUT2D eigenvalue weighted by atomic mass is 19.4. The molecule has 11 nitrogen and oxygen atoms in total. The van der Waals surface area contributed by atoms with Crippen molar-refractivity contribution in [1.82, 2.24) is 0 Å². The maximum absolute atomic E-state index is 13.2. The van der Waals surface area contributed by atoms with Gasteiger partial charge in [-0.3, -0.25) is 4.79 Å². The van der Waals surface area contributed by atoms with Gasteiger partial charge in [0.05, 0.1) is 33.5 Å². The van der Waals surface area contributed by atoms with E-state index in [4.69, 9.17) is 8.83 Å². The number of alkyl halides is 10. The van der Waals surface area contributed by atoms with E-state index in [1.54, 1.807) is 42.5 Å². The predicted molar refractivity (Wildman–Crippen MR) is 201 cm³/mol. The van der Waals surface area contributed by atoms with E-state index in [-0.39, 0.29) is 45.8 Å². The van der Waals surface area contributed by atoms with E-state index in [2.05, 4.69) is 9.47 Å². The van der Waals surface area contributed by atoms with Gasteiger partial charge in [-0.2, -0.15) is 43.9 Å². The van der Waals surface area contributed by atoms with Gasteiger partial charge in [0.1, 0.15) is 29.0 Å². The van der Waals surface area contributed by atoms with Crippen molar-refractivity contribution in [3.8, 4) is 11.5 Å². The molecule has 0 saturated heterocycles. The highest BCUT2D eigenvalue weighted by molar-refractivity contribution is 5.91. The average molecular weight is 901 g/mol. The van der Waals surface area contributed by atoms with Crippen molar-refractivity contribution in [2.75, 3.05) is 0 Å². The third-order valence-corrected chi connectivity index (χ3v) is 8.70.